The van der Waals surface area contributed by atoms with Crippen molar-refractivity contribution in [2.24, 2.45) is 0 Å². The second-order valence-electron chi connectivity index (χ2n) is 6.71. The Hall–Kier alpha value is -3.48. The number of hydrogen-bond acceptors (Lipinski definition) is 4. The molecule has 0 radical (unpaired) electrons. The second-order valence-corrected chi connectivity index (χ2v) is 6.71. The molecule has 1 aliphatic rings. The molecule has 28 heavy (non-hydrogen) atoms. The third-order valence-electron chi connectivity index (χ3n) is 4.78. The summed E-state index contributed by atoms with van der Waals surface area (Å²) < 4.78 is 1.94. The zero-order valence-electron chi connectivity index (χ0n) is 15.3. The first-order valence-corrected chi connectivity index (χ1v) is 9.28. The Morgan fingerprint density at radius 1 is 1.00 bits per heavy atom. The van der Waals surface area contributed by atoms with E-state index in [2.05, 4.69) is 10.3 Å². The van der Waals surface area contributed by atoms with Crippen molar-refractivity contribution in [2.75, 3.05) is 13.1 Å². The molecule has 0 saturated heterocycles. The molecule has 4 rings (SSSR count). The lowest BCUT2D eigenvalue weighted by Crippen LogP contribution is -2.32. The number of imidazole rings is 1. The summed E-state index contributed by atoms with van der Waals surface area (Å²) in [5.41, 5.74) is 2.66. The normalized spacial score (nSPS) is 13.2. The first kappa shape index (κ1) is 17.9. The molecule has 0 unspecified atom stereocenters. The number of carbonyl (C=O) groups excluding carboxylic acids is 3. The predicted octanol–water partition coefficient (Wildman–Crippen LogP) is 2.07. The molecule has 2 aromatic heterocycles. The number of fused-ring (bicyclic) bond motifs is 2. The molecule has 0 fully saturated rings. The lowest BCUT2D eigenvalue weighted by molar-refractivity contribution is -0.121. The first-order chi connectivity index (χ1) is 13.6. The quantitative estimate of drug-likeness (QED) is 0.640. The van der Waals surface area contributed by atoms with Crippen LogP contribution in [0.25, 0.3) is 5.65 Å². The maximum Gasteiger partial charge on any atom is 0.261 e. The van der Waals surface area contributed by atoms with Crippen molar-refractivity contribution in [1.82, 2.24) is 19.6 Å². The van der Waals surface area contributed by atoms with Gasteiger partial charge in [-0.25, -0.2) is 4.98 Å². The van der Waals surface area contributed by atoms with E-state index in [4.69, 9.17) is 0 Å². The largest absolute Gasteiger partial charge is 0.356 e. The van der Waals surface area contributed by atoms with Crippen LogP contribution in [0.4, 0.5) is 0 Å². The van der Waals surface area contributed by atoms with E-state index in [1.54, 1.807) is 24.3 Å². The average Bonchev–Trinajstić information content (AvgIpc) is 3.22. The van der Waals surface area contributed by atoms with Crippen LogP contribution in [0.15, 0.2) is 54.9 Å². The molecule has 0 saturated carbocycles. The summed E-state index contributed by atoms with van der Waals surface area (Å²) >= 11 is 0. The molecule has 1 aromatic carbocycles. The molecule has 142 valence electrons. The third-order valence-corrected chi connectivity index (χ3v) is 4.78. The Morgan fingerprint density at radius 3 is 2.43 bits per heavy atom. The Labute approximate surface area is 162 Å². The molecule has 1 aliphatic heterocycles. The van der Waals surface area contributed by atoms with E-state index in [-0.39, 0.29) is 30.7 Å². The van der Waals surface area contributed by atoms with Gasteiger partial charge in [0.1, 0.15) is 5.65 Å². The van der Waals surface area contributed by atoms with Crippen molar-refractivity contribution in [3.8, 4) is 0 Å². The van der Waals surface area contributed by atoms with Gasteiger partial charge in [0.15, 0.2) is 0 Å². The number of imide groups is 1. The van der Waals surface area contributed by atoms with Crippen LogP contribution >= 0.6 is 0 Å². The van der Waals surface area contributed by atoms with Crippen LogP contribution in [0.5, 0.6) is 0 Å². The van der Waals surface area contributed by atoms with Crippen LogP contribution in [0, 0.1) is 0 Å². The molecule has 3 heterocycles. The second kappa shape index (κ2) is 7.64. The fraction of sp³-hybridized carbons (Fsp3) is 0.238. The highest BCUT2D eigenvalue weighted by molar-refractivity contribution is 6.21. The molecular formula is C21H20N4O3. The van der Waals surface area contributed by atoms with Crippen molar-refractivity contribution in [3.63, 3.8) is 0 Å². The van der Waals surface area contributed by atoms with Gasteiger partial charge in [0.05, 0.1) is 16.8 Å². The van der Waals surface area contributed by atoms with E-state index in [0.717, 1.165) is 11.3 Å². The molecule has 0 bridgehead atoms. The summed E-state index contributed by atoms with van der Waals surface area (Å²) in [7, 11) is 0. The summed E-state index contributed by atoms with van der Waals surface area (Å²) in [6.07, 6.45) is 5.23. The highest BCUT2D eigenvalue weighted by Gasteiger charge is 2.34. The molecule has 3 aromatic rings. The average molecular weight is 376 g/mol. The number of pyridine rings is 1. The van der Waals surface area contributed by atoms with Crippen LogP contribution in [0.2, 0.25) is 0 Å². The van der Waals surface area contributed by atoms with E-state index < -0.39 is 0 Å². The minimum atomic E-state index is -0.284. The minimum absolute atomic E-state index is 0.0969. The summed E-state index contributed by atoms with van der Waals surface area (Å²) in [5.74, 6) is -0.666. The van der Waals surface area contributed by atoms with Crippen LogP contribution < -0.4 is 5.32 Å². The van der Waals surface area contributed by atoms with Gasteiger partial charge in [0.2, 0.25) is 5.91 Å². The van der Waals surface area contributed by atoms with Crippen molar-refractivity contribution >= 4 is 23.4 Å². The Balaban J connectivity index is 1.21. The molecule has 7 nitrogen and oxygen atoms in total. The van der Waals surface area contributed by atoms with Gasteiger partial charge in [0, 0.05) is 38.3 Å². The predicted molar refractivity (Wildman–Crippen MR) is 103 cm³/mol. The van der Waals surface area contributed by atoms with E-state index in [1.807, 2.05) is 35.0 Å². The van der Waals surface area contributed by atoms with Crippen LogP contribution in [0.1, 0.15) is 39.3 Å². The monoisotopic (exact) mass is 376 g/mol. The molecule has 1 N–H and O–H groups in total. The molecule has 0 spiro atoms. The molecule has 0 aliphatic carbocycles. The zero-order chi connectivity index (χ0) is 19.5. The summed E-state index contributed by atoms with van der Waals surface area (Å²) in [6, 6.07) is 12.6. The smallest absolute Gasteiger partial charge is 0.261 e. The SMILES string of the molecule is O=C(CCCN1C(=O)c2ccccc2C1=O)NCCc1cn2ccccc2n1. The molecule has 7 heteroatoms. The minimum Gasteiger partial charge on any atom is -0.356 e. The van der Waals surface area contributed by atoms with E-state index >= 15 is 0 Å². The number of nitrogens with one attached hydrogen (secondary N) is 1. The number of nitrogens with zero attached hydrogens (tertiary/aromatic N) is 3. The van der Waals surface area contributed by atoms with Gasteiger partial charge in [-0.1, -0.05) is 18.2 Å². The van der Waals surface area contributed by atoms with Crippen LogP contribution in [0.3, 0.4) is 0 Å². The maximum absolute atomic E-state index is 12.3. The standard InChI is InChI=1S/C21H20N4O3/c26-19(22-11-10-15-14-24-12-4-3-8-18(24)23-15)9-5-13-25-20(27)16-6-1-2-7-17(16)21(25)28/h1-4,6-8,12,14H,5,9-11,13H2,(H,22,26). The number of rotatable bonds is 7. The highest BCUT2D eigenvalue weighted by Crippen LogP contribution is 2.22. The Kier molecular flexibility index (Phi) is 4.89. The fourth-order valence-corrected chi connectivity index (χ4v) is 3.37. The lowest BCUT2D eigenvalue weighted by Gasteiger charge is -2.13. The topological polar surface area (TPSA) is 83.8 Å². The van der Waals surface area contributed by atoms with E-state index in [9.17, 15) is 14.4 Å². The molecule has 0 atom stereocenters. The van der Waals surface area contributed by atoms with Crippen LogP contribution in [-0.2, 0) is 11.2 Å². The van der Waals surface area contributed by atoms with Crippen molar-refractivity contribution in [1.29, 1.82) is 0 Å². The van der Waals surface area contributed by atoms with Gasteiger partial charge in [0.25, 0.3) is 11.8 Å². The highest BCUT2D eigenvalue weighted by atomic mass is 16.2. The number of hydrogen-bond donors (Lipinski definition) is 1. The van der Waals surface area contributed by atoms with Gasteiger partial charge in [-0.05, 0) is 30.7 Å². The van der Waals surface area contributed by atoms with Gasteiger partial charge in [-0.15, -0.1) is 0 Å². The number of amides is 3. The van der Waals surface area contributed by atoms with Gasteiger partial charge in [-0.2, -0.15) is 0 Å². The summed E-state index contributed by atoms with van der Waals surface area (Å²) in [5, 5.41) is 2.86. The molecular weight excluding hydrogens is 356 g/mol. The summed E-state index contributed by atoms with van der Waals surface area (Å²) in [4.78, 5) is 42.3. The van der Waals surface area contributed by atoms with Crippen LogP contribution in [-0.4, -0.2) is 45.1 Å². The lowest BCUT2D eigenvalue weighted by atomic mass is 10.1. The van der Waals surface area contributed by atoms with Gasteiger partial charge in [-0.3, -0.25) is 19.3 Å². The van der Waals surface area contributed by atoms with Gasteiger partial charge >= 0.3 is 0 Å². The molecule has 3 amide bonds. The van der Waals surface area contributed by atoms with Crippen molar-refractivity contribution in [3.05, 3.63) is 71.7 Å². The van der Waals surface area contributed by atoms with E-state index in [0.29, 0.717) is 30.5 Å². The zero-order valence-corrected chi connectivity index (χ0v) is 15.3. The van der Waals surface area contributed by atoms with Crippen molar-refractivity contribution < 1.29 is 14.4 Å². The first-order valence-electron chi connectivity index (χ1n) is 9.28. The third kappa shape index (κ3) is 3.51. The summed E-state index contributed by atoms with van der Waals surface area (Å²) in [6.45, 7) is 0.738. The number of carbonyl (C=O) groups is 3. The maximum atomic E-state index is 12.3. The number of benzene rings is 1. The fourth-order valence-electron chi connectivity index (χ4n) is 3.37. The van der Waals surface area contributed by atoms with Crippen molar-refractivity contribution in [2.45, 2.75) is 19.3 Å². The number of aromatic nitrogens is 2. The Morgan fingerprint density at radius 2 is 1.71 bits per heavy atom. The van der Waals surface area contributed by atoms with Gasteiger partial charge < -0.3 is 9.72 Å². The Bertz CT molecular complexity index is 988. The van der Waals surface area contributed by atoms with E-state index in [1.165, 1.54) is 4.90 Å².